The summed E-state index contributed by atoms with van der Waals surface area (Å²) in [5, 5.41) is 2.74. The molecule has 0 spiro atoms. The molecule has 1 amide bonds. The van der Waals surface area contributed by atoms with Crippen molar-refractivity contribution in [1.29, 1.82) is 0 Å². The zero-order valence-electron chi connectivity index (χ0n) is 8.68. The molecule has 0 bridgehead atoms. The lowest BCUT2D eigenvalue weighted by molar-refractivity contribution is -0.121. The predicted molar refractivity (Wildman–Crippen MR) is 51.1 cm³/mol. The Labute approximate surface area is 79.2 Å². The van der Waals surface area contributed by atoms with Gasteiger partial charge in [0.2, 0.25) is 0 Å². The van der Waals surface area contributed by atoms with Gasteiger partial charge in [0.15, 0.2) is 5.76 Å². The Morgan fingerprint density at radius 3 is 2.54 bits per heavy atom. The highest BCUT2D eigenvalue weighted by molar-refractivity contribution is 5.92. The zero-order chi connectivity index (χ0) is 10.0. The smallest absolute Gasteiger partial charge is 0.286 e. The van der Waals surface area contributed by atoms with Gasteiger partial charge < -0.3 is 10.1 Å². The van der Waals surface area contributed by atoms with Gasteiger partial charge in [0, 0.05) is 12.5 Å². The van der Waals surface area contributed by atoms with Crippen LogP contribution in [0.5, 0.6) is 0 Å². The molecule has 74 valence electrons. The minimum Gasteiger partial charge on any atom is -0.484 e. The summed E-state index contributed by atoms with van der Waals surface area (Å²) in [6, 6.07) is 0. The molecule has 0 radical (unpaired) electrons. The molecule has 0 aromatic carbocycles. The van der Waals surface area contributed by atoms with Gasteiger partial charge in [-0.05, 0) is 26.3 Å². The van der Waals surface area contributed by atoms with Crippen LogP contribution in [0.1, 0.15) is 27.7 Å². The van der Waals surface area contributed by atoms with Gasteiger partial charge in [-0.25, -0.2) is 0 Å². The van der Waals surface area contributed by atoms with Crippen LogP contribution < -0.4 is 5.32 Å². The Hall–Kier alpha value is -0.990. The summed E-state index contributed by atoms with van der Waals surface area (Å²) in [6.07, 6.45) is 0.123. The molecule has 1 aliphatic heterocycles. The van der Waals surface area contributed by atoms with E-state index in [2.05, 4.69) is 12.2 Å². The number of rotatable bonds is 2. The van der Waals surface area contributed by atoms with Crippen LogP contribution in [0.25, 0.3) is 0 Å². The van der Waals surface area contributed by atoms with Crippen LogP contribution in [-0.2, 0) is 9.53 Å². The summed E-state index contributed by atoms with van der Waals surface area (Å²) in [7, 11) is 0. The highest BCUT2D eigenvalue weighted by atomic mass is 16.5. The van der Waals surface area contributed by atoms with Crippen molar-refractivity contribution >= 4 is 5.91 Å². The molecule has 2 atom stereocenters. The van der Waals surface area contributed by atoms with Crippen molar-refractivity contribution in [3.05, 3.63) is 11.3 Å². The molecule has 13 heavy (non-hydrogen) atoms. The van der Waals surface area contributed by atoms with Crippen molar-refractivity contribution < 1.29 is 9.53 Å². The lowest BCUT2D eigenvalue weighted by Crippen LogP contribution is -2.25. The summed E-state index contributed by atoms with van der Waals surface area (Å²) in [6.45, 7) is 8.56. The van der Waals surface area contributed by atoms with Crippen molar-refractivity contribution in [1.82, 2.24) is 5.32 Å². The van der Waals surface area contributed by atoms with Crippen molar-refractivity contribution in [2.75, 3.05) is 6.54 Å². The first-order chi connectivity index (χ1) is 6.07. The average molecular weight is 183 g/mol. The monoisotopic (exact) mass is 183 g/mol. The molecule has 1 heterocycles. The van der Waals surface area contributed by atoms with Crippen LogP contribution >= 0.6 is 0 Å². The number of hydrogen-bond acceptors (Lipinski definition) is 2. The third-order valence-corrected chi connectivity index (χ3v) is 2.59. The molecule has 1 unspecified atom stereocenters. The molecule has 0 aliphatic carbocycles. The van der Waals surface area contributed by atoms with Crippen LogP contribution in [-0.4, -0.2) is 18.6 Å². The van der Waals surface area contributed by atoms with E-state index in [1.807, 2.05) is 20.8 Å². The highest BCUT2D eigenvalue weighted by Gasteiger charge is 2.30. The summed E-state index contributed by atoms with van der Waals surface area (Å²) >= 11 is 0. The van der Waals surface area contributed by atoms with Gasteiger partial charge in [0.1, 0.15) is 6.10 Å². The number of ether oxygens (including phenoxy) is 1. The van der Waals surface area contributed by atoms with E-state index in [-0.39, 0.29) is 12.0 Å². The third-order valence-electron chi connectivity index (χ3n) is 2.59. The zero-order valence-corrected chi connectivity index (χ0v) is 8.68. The normalized spacial score (nSPS) is 27.4. The van der Waals surface area contributed by atoms with Crippen LogP contribution in [0, 0.1) is 5.92 Å². The van der Waals surface area contributed by atoms with Gasteiger partial charge >= 0.3 is 0 Å². The van der Waals surface area contributed by atoms with Crippen molar-refractivity contribution in [2.45, 2.75) is 33.8 Å². The molecule has 0 saturated carbocycles. The number of nitrogens with one attached hydrogen (secondary N) is 1. The minimum absolute atomic E-state index is 0.0869. The quantitative estimate of drug-likeness (QED) is 0.703. The lowest BCUT2D eigenvalue weighted by Gasteiger charge is -2.10. The SMILES string of the molecule is CCNC(=O)C1=C(C)C(C)[C@@H](C)O1. The molecule has 0 aromatic rings. The first-order valence-corrected chi connectivity index (χ1v) is 4.73. The van der Waals surface area contributed by atoms with Gasteiger partial charge in [-0.15, -0.1) is 0 Å². The van der Waals surface area contributed by atoms with Gasteiger partial charge in [-0.2, -0.15) is 0 Å². The molecule has 0 fully saturated rings. The second kappa shape index (κ2) is 3.81. The number of amides is 1. The van der Waals surface area contributed by atoms with E-state index >= 15 is 0 Å². The molecule has 0 aromatic heterocycles. The van der Waals surface area contributed by atoms with Crippen LogP contribution in [0.3, 0.4) is 0 Å². The van der Waals surface area contributed by atoms with E-state index in [0.717, 1.165) is 5.57 Å². The van der Waals surface area contributed by atoms with Crippen molar-refractivity contribution in [3.8, 4) is 0 Å². The van der Waals surface area contributed by atoms with E-state index in [0.29, 0.717) is 18.2 Å². The summed E-state index contributed by atoms with van der Waals surface area (Å²) in [4.78, 5) is 11.5. The Kier molecular flexibility index (Phi) is 2.96. The third kappa shape index (κ3) is 1.85. The number of carbonyl (C=O) groups excluding carboxylic acids is 1. The lowest BCUT2D eigenvalue weighted by atomic mass is 9.99. The predicted octanol–water partition coefficient (Wildman–Crippen LogP) is 1.45. The topological polar surface area (TPSA) is 38.3 Å². The largest absolute Gasteiger partial charge is 0.484 e. The molecule has 3 heteroatoms. The molecular weight excluding hydrogens is 166 g/mol. The van der Waals surface area contributed by atoms with E-state index in [1.165, 1.54) is 0 Å². The fourth-order valence-electron chi connectivity index (χ4n) is 1.41. The van der Waals surface area contributed by atoms with Gasteiger partial charge in [0.25, 0.3) is 5.91 Å². The number of carbonyl (C=O) groups is 1. The molecule has 3 nitrogen and oxygen atoms in total. The number of likely N-dealkylation sites (N-methyl/N-ethyl adjacent to an activating group) is 1. The Morgan fingerprint density at radius 2 is 2.15 bits per heavy atom. The summed E-state index contributed by atoms with van der Waals surface area (Å²) < 4.78 is 5.47. The summed E-state index contributed by atoms with van der Waals surface area (Å²) in [5.41, 5.74) is 1.05. The standard InChI is InChI=1S/C10H17NO2/c1-5-11-10(12)9-7(3)6(2)8(4)13-9/h6,8H,5H2,1-4H3,(H,11,12)/t6?,8-/m1/s1. The average Bonchev–Trinajstić information content (AvgIpc) is 2.33. The summed E-state index contributed by atoms with van der Waals surface area (Å²) in [5.74, 6) is 0.774. The van der Waals surface area contributed by atoms with Crippen molar-refractivity contribution in [2.24, 2.45) is 5.92 Å². The second-order valence-electron chi connectivity index (χ2n) is 3.48. The fraction of sp³-hybridized carbons (Fsp3) is 0.700. The maximum atomic E-state index is 11.5. The molecule has 1 rings (SSSR count). The molecule has 1 aliphatic rings. The van der Waals surface area contributed by atoms with Crippen molar-refractivity contribution in [3.63, 3.8) is 0 Å². The van der Waals surface area contributed by atoms with E-state index in [9.17, 15) is 4.79 Å². The van der Waals surface area contributed by atoms with Gasteiger partial charge in [-0.1, -0.05) is 6.92 Å². The van der Waals surface area contributed by atoms with Gasteiger partial charge in [-0.3, -0.25) is 4.79 Å². The minimum atomic E-state index is -0.0869. The van der Waals surface area contributed by atoms with Crippen LogP contribution in [0.15, 0.2) is 11.3 Å². The van der Waals surface area contributed by atoms with E-state index < -0.39 is 0 Å². The first-order valence-electron chi connectivity index (χ1n) is 4.73. The molecule has 1 N–H and O–H groups in total. The Balaban J connectivity index is 2.75. The second-order valence-corrected chi connectivity index (χ2v) is 3.48. The first kappa shape index (κ1) is 10.1. The van der Waals surface area contributed by atoms with Crippen LogP contribution in [0.2, 0.25) is 0 Å². The van der Waals surface area contributed by atoms with Crippen LogP contribution in [0.4, 0.5) is 0 Å². The fourth-order valence-corrected chi connectivity index (χ4v) is 1.41. The molecule has 0 saturated heterocycles. The molecular formula is C10H17NO2. The Morgan fingerprint density at radius 1 is 1.54 bits per heavy atom. The number of hydrogen-bond donors (Lipinski definition) is 1. The highest BCUT2D eigenvalue weighted by Crippen LogP contribution is 2.30. The van der Waals surface area contributed by atoms with Gasteiger partial charge in [0.05, 0.1) is 0 Å². The maximum absolute atomic E-state index is 11.5. The van der Waals surface area contributed by atoms with E-state index in [4.69, 9.17) is 4.74 Å². The Bertz CT molecular complexity index is 245. The maximum Gasteiger partial charge on any atom is 0.286 e. The van der Waals surface area contributed by atoms with E-state index in [1.54, 1.807) is 0 Å².